The Kier molecular flexibility index (Phi) is 3.31. The van der Waals surface area contributed by atoms with E-state index in [2.05, 4.69) is 13.8 Å². The molecule has 3 unspecified atom stereocenters. The van der Waals surface area contributed by atoms with Crippen LogP contribution in [0, 0.1) is 22.7 Å². The van der Waals surface area contributed by atoms with Crippen molar-refractivity contribution in [2.24, 2.45) is 22.7 Å². The Morgan fingerprint density at radius 1 is 1.19 bits per heavy atom. The van der Waals surface area contributed by atoms with E-state index in [-0.39, 0.29) is 40.4 Å². The molecule has 0 radical (unpaired) electrons. The minimum absolute atomic E-state index is 0.00109. The molecule has 1 spiro atoms. The molecule has 0 aromatic heterocycles. The van der Waals surface area contributed by atoms with E-state index in [1.165, 1.54) is 4.31 Å². The van der Waals surface area contributed by atoms with Crippen LogP contribution in [0.2, 0.25) is 5.02 Å². The molecular weight excluding hydrogens is 370 g/mol. The summed E-state index contributed by atoms with van der Waals surface area (Å²) in [6.07, 6.45) is 3.61. The summed E-state index contributed by atoms with van der Waals surface area (Å²) < 4.78 is 27.3. The zero-order valence-electron chi connectivity index (χ0n) is 15.1. The molecule has 5 atom stereocenters. The van der Waals surface area contributed by atoms with Gasteiger partial charge in [-0.05, 0) is 60.6 Å². The lowest BCUT2D eigenvalue weighted by Gasteiger charge is -2.37. The summed E-state index contributed by atoms with van der Waals surface area (Å²) in [4.78, 5) is 13.2. The highest BCUT2D eigenvalue weighted by molar-refractivity contribution is 7.90. The van der Waals surface area contributed by atoms with Gasteiger partial charge in [-0.25, -0.2) is 12.7 Å². The lowest BCUT2D eigenvalue weighted by atomic mass is 9.69. The SMILES string of the molecule is CC1(C)C2CCC13CS(=O)(=O)N(C(=O)[C@@H]1C[C@@H]1c1ccc(Cl)cc1)C3C2. The Hall–Kier alpha value is -1.07. The molecule has 1 heterocycles. The maximum absolute atomic E-state index is 13.2. The number of hydrogen-bond acceptors (Lipinski definition) is 3. The highest BCUT2D eigenvalue weighted by atomic mass is 35.5. The van der Waals surface area contributed by atoms with Crippen LogP contribution < -0.4 is 0 Å². The van der Waals surface area contributed by atoms with Crippen LogP contribution in [0.3, 0.4) is 0 Å². The monoisotopic (exact) mass is 393 g/mol. The van der Waals surface area contributed by atoms with Crippen LogP contribution >= 0.6 is 11.6 Å². The third-order valence-corrected chi connectivity index (χ3v) is 10.2. The molecule has 1 aromatic carbocycles. The zero-order valence-corrected chi connectivity index (χ0v) is 16.7. The summed E-state index contributed by atoms with van der Waals surface area (Å²) in [6.45, 7) is 4.42. The van der Waals surface area contributed by atoms with E-state index in [1.54, 1.807) is 0 Å². The highest BCUT2D eigenvalue weighted by Crippen LogP contribution is 2.70. The van der Waals surface area contributed by atoms with Gasteiger partial charge in [0.15, 0.2) is 0 Å². The Labute approximate surface area is 160 Å². The van der Waals surface area contributed by atoms with Crippen LogP contribution in [0.15, 0.2) is 24.3 Å². The minimum atomic E-state index is -3.52. The first-order chi connectivity index (χ1) is 12.2. The maximum Gasteiger partial charge on any atom is 0.240 e. The van der Waals surface area contributed by atoms with Crippen LogP contribution in [0.5, 0.6) is 0 Å². The summed E-state index contributed by atoms with van der Waals surface area (Å²) in [5.74, 6) is 0.430. The normalized spacial score (nSPS) is 41.3. The van der Waals surface area contributed by atoms with Crippen molar-refractivity contribution >= 4 is 27.5 Å². The first-order valence-corrected chi connectivity index (χ1v) is 11.5. The molecular formula is C20H24ClNO3S. The second-order valence-electron chi connectivity index (χ2n) is 9.26. The molecule has 4 fully saturated rings. The molecule has 3 aliphatic carbocycles. The van der Waals surface area contributed by atoms with Gasteiger partial charge in [-0.1, -0.05) is 37.6 Å². The van der Waals surface area contributed by atoms with Crippen molar-refractivity contribution in [3.05, 3.63) is 34.9 Å². The first kappa shape index (κ1) is 17.1. The molecule has 1 amide bonds. The minimum Gasteiger partial charge on any atom is -0.273 e. The molecule has 3 saturated carbocycles. The quantitative estimate of drug-likeness (QED) is 0.767. The summed E-state index contributed by atoms with van der Waals surface area (Å²) in [7, 11) is -3.52. The standard InChI is InChI=1S/C20H24ClNO3S/c1-19(2)13-7-8-20(19)11-26(24,25)22(17(20)9-13)18(23)16-10-15(16)12-3-5-14(21)6-4-12/h3-6,13,15-17H,7-11H2,1-2H3/t13?,15-,16-,17?,20?/m1/s1. The average molecular weight is 394 g/mol. The predicted molar refractivity (Wildman–Crippen MR) is 100 cm³/mol. The zero-order chi connectivity index (χ0) is 18.5. The smallest absolute Gasteiger partial charge is 0.240 e. The first-order valence-electron chi connectivity index (χ1n) is 9.49. The van der Waals surface area contributed by atoms with Gasteiger partial charge in [0.25, 0.3) is 0 Å². The summed E-state index contributed by atoms with van der Waals surface area (Å²) >= 11 is 5.95. The molecule has 2 bridgehead atoms. The molecule has 26 heavy (non-hydrogen) atoms. The van der Waals surface area contributed by atoms with E-state index >= 15 is 0 Å². The Morgan fingerprint density at radius 2 is 1.88 bits per heavy atom. The van der Waals surface area contributed by atoms with Gasteiger partial charge in [0, 0.05) is 16.4 Å². The number of rotatable bonds is 2. The van der Waals surface area contributed by atoms with E-state index in [0.717, 1.165) is 31.2 Å². The number of benzene rings is 1. The van der Waals surface area contributed by atoms with Gasteiger partial charge in [0.2, 0.25) is 15.9 Å². The van der Waals surface area contributed by atoms with Crippen molar-refractivity contribution in [2.45, 2.75) is 51.5 Å². The number of fused-ring (bicyclic) bond motifs is 1. The molecule has 5 rings (SSSR count). The van der Waals surface area contributed by atoms with E-state index in [4.69, 9.17) is 11.6 Å². The molecule has 140 valence electrons. The van der Waals surface area contributed by atoms with Crippen LogP contribution in [-0.2, 0) is 14.8 Å². The van der Waals surface area contributed by atoms with Crippen LogP contribution in [-0.4, -0.2) is 30.4 Å². The maximum atomic E-state index is 13.2. The number of carbonyl (C=O) groups is 1. The fraction of sp³-hybridized carbons (Fsp3) is 0.650. The molecule has 6 heteroatoms. The van der Waals surface area contributed by atoms with Crippen molar-refractivity contribution in [1.82, 2.24) is 4.31 Å². The van der Waals surface area contributed by atoms with E-state index in [0.29, 0.717) is 10.9 Å². The number of halogens is 1. The van der Waals surface area contributed by atoms with E-state index < -0.39 is 10.0 Å². The lowest BCUT2D eigenvalue weighted by Crippen LogP contribution is -2.44. The fourth-order valence-corrected chi connectivity index (χ4v) is 9.00. The largest absolute Gasteiger partial charge is 0.273 e. The number of amides is 1. The average Bonchev–Trinajstić information content (AvgIpc) is 3.22. The van der Waals surface area contributed by atoms with E-state index in [9.17, 15) is 13.2 Å². The number of nitrogens with zero attached hydrogens (tertiary/aromatic N) is 1. The molecule has 1 aromatic rings. The van der Waals surface area contributed by atoms with Crippen LogP contribution in [0.1, 0.15) is 51.0 Å². The second kappa shape index (κ2) is 5.05. The number of sulfonamides is 1. The van der Waals surface area contributed by atoms with Crippen LogP contribution in [0.4, 0.5) is 0 Å². The third-order valence-electron chi connectivity index (χ3n) is 8.03. The van der Waals surface area contributed by atoms with Gasteiger partial charge in [0.1, 0.15) is 0 Å². The van der Waals surface area contributed by atoms with Crippen molar-refractivity contribution in [3.63, 3.8) is 0 Å². The Balaban J connectivity index is 1.44. The topological polar surface area (TPSA) is 54.5 Å². The van der Waals surface area contributed by atoms with Gasteiger partial charge < -0.3 is 0 Å². The van der Waals surface area contributed by atoms with Gasteiger partial charge in [-0.15, -0.1) is 0 Å². The van der Waals surface area contributed by atoms with E-state index in [1.807, 2.05) is 24.3 Å². The van der Waals surface area contributed by atoms with Crippen molar-refractivity contribution in [3.8, 4) is 0 Å². The van der Waals surface area contributed by atoms with Gasteiger partial charge in [0.05, 0.1) is 11.8 Å². The second-order valence-corrected chi connectivity index (χ2v) is 11.5. The lowest BCUT2D eigenvalue weighted by molar-refractivity contribution is -0.130. The summed E-state index contributed by atoms with van der Waals surface area (Å²) in [6, 6.07) is 7.43. The third kappa shape index (κ3) is 2.02. The van der Waals surface area contributed by atoms with Gasteiger partial charge in [-0.2, -0.15) is 0 Å². The summed E-state index contributed by atoms with van der Waals surface area (Å²) in [5.41, 5.74) is 0.836. The number of carbonyl (C=O) groups excluding carboxylic acids is 1. The molecule has 0 N–H and O–H groups in total. The van der Waals surface area contributed by atoms with Crippen molar-refractivity contribution in [2.75, 3.05) is 5.75 Å². The van der Waals surface area contributed by atoms with Crippen LogP contribution in [0.25, 0.3) is 0 Å². The molecule has 1 saturated heterocycles. The van der Waals surface area contributed by atoms with Crippen molar-refractivity contribution in [1.29, 1.82) is 0 Å². The predicted octanol–water partition coefficient (Wildman–Crippen LogP) is 3.81. The number of hydrogen-bond donors (Lipinski definition) is 0. The summed E-state index contributed by atoms with van der Waals surface area (Å²) in [5, 5.41) is 0.672. The Morgan fingerprint density at radius 3 is 2.54 bits per heavy atom. The van der Waals surface area contributed by atoms with Gasteiger partial charge in [-0.3, -0.25) is 4.79 Å². The van der Waals surface area contributed by atoms with Gasteiger partial charge >= 0.3 is 0 Å². The molecule has 1 aliphatic heterocycles. The molecule has 4 aliphatic rings. The molecule has 4 nitrogen and oxygen atoms in total. The van der Waals surface area contributed by atoms with Crippen molar-refractivity contribution < 1.29 is 13.2 Å². The fourth-order valence-electron chi connectivity index (χ4n) is 6.29. The highest BCUT2D eigenvalue weighted by Gasteiger charge is 2.73. The Bertz CT molecular complexity index is 894.